The van der Waals surface area contributed by atoms with Crippen molar-refractivity contribution in [2.45, 2.75) is 51.9 Å². The van der Waals surface area contributed by atoms with Gasteiger partial charge in [0.25, 0.3) is 0 Å². The van der Waals surface area contributed by atoms with Crippen molar-refractivity contribution in [3.8, 4) is 0 Å². The van der Waals surface area contributed by atoms with Gasteiger partial charge < -0.3 is 0 Å². The van der Waals surface area contributed by atoms with E-state index in [0.29, 0.717) is 10.3 Å². The highest BCUT2D eigenvalue weighted by Gasteiger charge is 2.23. The van der Waals surface area contributed by atoms with E-state index in [1.165, 1.54) is 12.3 Å². The summed E-state index contributed by atoms with van der Waals surface area (Å²) in [4.78, 5) is 0. The van der Waals surface area contributed by atoms with Crippen LogP contribution < -0.4 is 0 Å². The summed E-state index contributed by atoms with van der Waals surface area (Å²) >= 11 is 0. The van der Waals surface area contributed by atoms with E-state index in [4.69, 9.17) is 0 Å². The Bertz CT molecular complexity index is 142. The molecule has 0 radical (unpaired) electrons. The summed E-state index contributed by atoms with van der Waals surface area (Å²) in [5, 5.41) is 1.09. The Morgan fingerprint density at radius 3 is 1.00 bits per heavy atom. The van der Waals surface area contributed by atoms with Crippen molar-refractivity contribution in [1.29, 1.82) is 0 Å². The number of hydrogen-bond donors (Lipinski definition) is 0. The topological polar surface area (TPSA) is 0 Å². The molecule has 2 heteroatoms. The zero-order chi connectivity index (χ0) is 11.6. The average molecular weight is 234 g/mol. The van der Waals surface area contributed by atoms with Gasteiger partial charge in [0.1, 0.15) is 0 Å². The van der Waals surface area contributed by atoms with E-state index in [9.17, 15) is 0 Å². The van der Waals surface area contributed by atoms with Crippen molar-refractivity contribution in [2.24, 2.45) is 0 Å². The average Bonchev–Trinajstić information content (AvgIpc) is 1.95. The predicted octanol–water partition coefficient (Wildman–Crippen LogP) is 4.81. The SMILES string of the molecule is CP(CC[P@@](C)C(C)(C)C)C(C)(C)C. The van der Waals surface area contributed by atoms with E-state index in [1.807, 2.05) is 0 Å². The standard InChI is InChI=1S/C12H28P2/c1-11(2,3)13(7)9-10-14(8)12(4,5)6/h9-10H2,1-8H3/t13-,14?/m1/s1. The van der Waals surface area contributed by atoms with Crippen LogP contribution in [-0.4, -0.2) is 36.0 Å². The first kappa shape index (κ1) is 14.9. The van der Waals surface area contributed by atoms with Crippen molar-refractivity contribution in [1.82, 2.24) is 0 Å². The van der Waals surface area contributed by atoms with Gasteiger partial charge in [0.05, 0.1) is 0 Å². The maximum absolute atomic E-state index is 2.46. The van der Waals surface area contributed by atoms with E-state index in [-0.39, 0.29) is 15.8 Å². The summed E-state index contributed by atoms with van der Waals surface area (Å²) in [6, 6.07) is 0. The molecule has 0 aliphatic heterocycles. The van der Waals surface area contributed by atoms with Gasteiger partial charge in [-0.3, -0.25) is 0 Å². The molecule has 0 bridgehead atoms. The van der Waals surface area contributed by atoms with Crippen LogP contribution in [0.4, 0.5) is 0 Å². The van der Waals surface area contributed by atoms with E-state index in [2.05, 4.69) is 54.9 Å². The molecule has 0 heterocycles. The Balaban J connectivity index is 3.96. The zero-order valence-corrected chi connectivity index (χ0v) is 13.1. The number of hydrogen-bond acceptors (Lipinski definition) is 0. The third kappa shape index (κ3) is 5.67. The Kier molecular flexibility index (Phi) is 5.59. The molecule has 0 aromatic rings. The molecule has 0 fully saturated rings. The number of rotatable bonds is 3. The predicted molar refractivity (Wildman–Crippen MR) is 74.9 cm³/mol. The summed E-state index contributed by atoms with van der Waals surface area (Å²) in [6.45, 7) is 19.2. The summed E-state index contributed by atoms with van der Waals surface area (Å²) in [5.41, 5.74) is 0. The largest absolute Gasteiger partial charge is 0.104 e. The van der Waals surface area contributed by atoms with Crippen LogP contribution in [0.1, 0.15) is 41.5 Å². The van der Waals surface area contributed by atoms with Gasteiger partial charge in [-0.25, -0.2) is 0 Å². The first-order valence-electron chi connectivity index (χ1n) is 5.47. The second kappa shape index (κ2) is 5.27. The minimum Gasteiger partial charge on any atom is -0.104 e. The fourth-order valence-electron chi connectivity index (χ4n) is 0.971. The molecule has 0 rings (SSSR count). The maximum atomic E-state index is 2.46. The minimum absolute atomic E-state index is 0.215. The Hall–Kier alpha value is 0.860. The van der Waals surface area contributed by atoms with Crippen LogP contribution in [-0.2, 0) is 0 Å². The lowest BCUT2D eigenvalue weighted by atomic mass is 10.3. The van der Waals surface area contributed by atoms with E-state index >= 15 is 0 Å². The van der Waals surface area contributed by atoms with Crippen LogP contribution in [0.25, 0.3) is 0 Å². The second-order valence-electron chi connectivity index (χ2n) is 6.18. The highest BCUT2D eigenvalue weighted by atomic mass is 31.1. The van der Waals surface area contributed by atoms with Gasteiger partial charge in [-0.1, -0.05) is 41.5 Å². The molecule has 0 amide bonds. The molecule has 14 heavy (non-hydrogen) atoms. The van der Waals surface area contributed by atoms with Gasteiger partial charge in [-0.05, 0) is 36.0 Å². The van der Waals surface area contributed by atoms with Crippen molar-refractivity contribution >= 4 is 15.8 Å². The van der Waals surface area contributed by atoms with Crippen LogP contribution in [0.15, 0.2) is 0 Å². The monoisotopic (exact) mass is 234 g/mol. The molecule has 0 saturated heterocycles. The van der Waals surface area contributed by atoms with E-state index in [1.54, 1.807) is 0 Å². The highest BCUT2D eigenvalue weighted by molar-refractivity contribution is 7.62. The van der Waals surface area contributed by atoms with Crippen molar-refractivity contribution in [3.05, 3.63) is 0 Å². The van der Waals surface area contributed by atoms with Crippen molar-refractivity contribution in [2.75, 3.05) is 25.7 Å². The first-order valence-corrected chi connectivity index (χ1v) is 9.42. The molecule has 2 atom stereocenters. The van der Waals surface area contributed by atoms with Gasteiger partial charge in [0.2, 0.25) is 0 Å². The van der Waals surface area contributed by atoms with Gasteiger partial charge in [-0.15, -0.1) is 15.8 Å². The maximum Gasteiger partial charge on any atom is -0.0182 e. The van der Waals surface area contributed by atoms with Crippen LogP contribution in [0.5, 0.6) is 0 Å². The van der Waals surface area contributed by atoms with Gasteiger partial charge >= 0.3 is 0 Å². The van der Waals surface area contributed by atoms with E-state index in [0.717, 1.165) is 0 Å². The third-order valence-electron chi connectivity index (χ3n) is 3.06. The minimum atomic E-state index is 0.215. The van der Waals surface area contributed by atoms with Crippen LogP contribution >= 0.6 is 15.8 Å². The molecule has 86 valence electrons. The molecule has 0 aliphatic rings. The molecular formula is C12H28P2. The molecule has 0 saturated carbocycles. The Morgan fingerprint density at radius 1 is 0.643 bits per heavy atom. The molecule has 0 aromatic heterocycles. The lowest BCUT2D eigenvalue weighted by Gasteiger charge is -2.33. The van der Waals surface area contributed by atoms with Crippen LogP contribution in [0, 0.1) is 0 Å². The summed E-state index contributed by atoms with van der Waals surface area (Å²) in [5.74, 6) is 0. The summed E-state index contributed by atoms with van der Waals surface area (Å²) in [7, 11) is 0.430. The van der Waals surface area contributed by atoms with Gasteiger partial charge in [-0.2, -0.15) is 0 Å². The fraction of sp³-hybridized carbons (Fsp3) is 1.00. The summed E-state index contributed by atoms with van der Waals surface area (Å²) < 4.78 is 0. The van der Waals surface area contributed by atoms with Gasteiger partial charge in [0.15, 0.2) is 0 Å². The molecule has 0 aliphatic carbocycles. The zero-order valence-electron chi connectivity index (χ0n) is 11.3. The van der Waals surface area contributed by atoms with Crippen molar-refractivity contribution in [3.63, 3.8) is 0 Å². The lowest BCUT2D eigenvalue weighted by molar-refractivity contribution is 0.777. The van der Waals surface area contributed by atoms with E-state index < -0.39 is 0 Å². The third-order valence-corrected chi connectivity index (χ3v) is 9.78. The summed E-state index contributed by atoms with van der Waals surface area (Å²) in [6.07, 6.45) is 2.91. The quantitative estimate of drug-likeness (QED) is 0.615. The molecule has 0 aromatic carbocycles. The molecule has 0 spiro atoms. The van der Waals surface area contributed by atoms with Crippen LogP contribution in [0.2, 0.25) is 0 Å². The van der Waals surface area contributed by atoms with Crippen molar-refractivity contribution < 1.29 is 0 Å². The highest BCUT2D eigenvalue weighted by Crippen LogP contribution is 2.52. The van der Waals surface area contributed by atoms with Crippen LogP contribution in [0.3, 0.4) is 0 Å². The molecule has 1 unspecified atom stereocenters. The molecule has 0 nitrogen and oxygen atoms in total. The Morgan fingerprint density at radius 2 is 0.857 bits per heavy atom. The second-order valence-corrected chi connectivity index (χ2v) is 12.6. The molecule has 0 N–H and O–H groups in total. The first-order chi connectivity index (χ1) is 6.05. The Labute approximate surface area is 93.8 Å². The molecular weight excluding hydrogens is 206 g/mol. The fourth-order valence-corrected chi connectivity index (χ4v) is 4.71. The van der Waals surface area contributed by atoms with Gasteiger partial charge in [0, 0.05) is 0 Å². The lowest BCUT2D eigenvalue weighted by Crippen LogP contribution is -2.17. The smallest absolute Gasteiger partial charge is 0.0182 e. The normalized spacial score (nSPS) is 18.0.